The van der Waals surface area contributed by atoms with Crippen LogP contribution >= 0.6 is 11.8 Å². The molecule has 0 aliphatic carbocycles. The third-order valence-corrected chi connectivity index (χ3v) is 4.81. The quantitative estimate of drug-likeness (QED) is 0.604. The maximum absolute atomic E-state index is 11.8. The largest absolute Gasteiger partial charge is 0.494 e. The van der Waals surface area contributed by atoms with Crippen LogP contribution in [0.25, 0.3) is 0 Å². The highest BCUT2D eigenvalue weighted by molar-refractivity contribution is 7.98. The molecule has 0 saturated heterocycles. The average Bonchev–Trinajstić information content (AvgIpc) is 2.65. The first-order valence-corrected chi connectivity index (χ1v) is 10.0. The van der Waals surface area contributed by atoms with Gasteiger partial charge < -0.3 is 10.1 Å². The first-order chi connectivity index (χ1) is 12.3. The fraction of sp³-hybridized carbons (Fsp3) is 0.381. The summed E-state index contributed by atoms with van der Waals surface area (Å²) < 4.78 is 5.43. The standard InChI is InChI=1S/C21H27NO2S/c1-2-24-20-12-10-18(11-13-20)9-6-15-22-21(23)14-16-25-17-19-7-4-3-5-8-19/h3-5,7-8,10-13H,2,6,9,14-17H2,1H3,(H,22,23). The van der Waals surface area contributed by atoms with Gasteiger partial charge in [-0.05, 0) is 43.0 Å². The Balaban J connectivity index is 1.51. The van der Waals surface area contributed by atoms with Crippen molar-refractivity contribution >= 4 is 17.7 Å². The van der Waals surface area contributed by atoms with E-state index >= 15 is 0 Å². The number of nitrogens with one attached hydrogen (secondary N) is 1. The van der Waals surface area contributed by atoms with Crippen LogP contribution in [-0.4, -0.2) is 24.8 Å². The van der Waals surface area contributed by atoms with Crippen LogP contribution in [-0.2, 0) is 17.0 Å². The SMILES string of the molecule is CCOc1ccc(CCCNC(=O)CCSCc2ccccc2)cc1. The normalized spacial score (nSPS) is 10.4. The molecule has 0 atom stereocenters. The Labute approximate surface area is 155 Å². The Kier molecular flexibility index (Phi) is 8.98. The lowest BCUT2D eigenvalue weighted by Crippen LogP contribution is -2.25. The van der Waals surface area contributed by atoms with Crippen molar-refractivity contribution in [3.8, 4) is 5.75 Å². The van der Waals surface area contributed by atoms with Crippen LogP contribution in [0.5, 0.6) is 5.75 Å². The predicted octanol–water partition coefficient (Wildman–Crippen LogP) is 4.46. The Morgan fingerprint density at radius 3 is 2.52 bits per heavy atom. The van der Waals surface area contributed by atoms with E-state index in [2.05, 4.69) is 29.6 Å². The molecule has 0 aliphatic heterocycles. The molecule has 0 unspecified atom stereocenters. The van der Waals surface area contributed by atoms with Gasteiger partial charge in [0.25, 0.3) is 0 Å². The number of thioether (sulfide) groups is 1. The third-order valence-electron chi connectivity index (χ3n) is 3.78. The molecule has 25 heavy (non-hydrogen) atoms. The summed E-state index contributed by atoms with van der Waals surface area (Å²) in [6, 6.07) is 18.5. The molecule has 0 bridgehead atoms. The van der Waals surface area contributed by atoms with Crippen LogP contribution in [0.4, 0.5) is 0 Å². The van der Waals surface area contributed by atoms with E-state index in [9.17, 15) is 4.79 Å². The molecule has 134 valence electrons. The Morgan fingerprint density at radius 1 is 1.04 bits per heavy atom. The fourth-order valence-electron chi connectivity index (χ4n) is 2.46. The molecule has 4 heteroatoms. The number of hydrogen-bond donors (Lipinski definition) is 1. The molecule has 2 rings (SSSR count). The van der Waals surface area contributed by atoms with E-state index < -0.39 is 0 Å². The van der Waals surface area contributed by atoms with Gasteiger partial charge >= 0.3 is 0 Å². The van der Waals surface area contributed by atoms with Crippen LogP contribution in [0.1, 0.15) is 30.9 Å². The predicted molar refractivity (Wildman–Crippen MR) is 106 cm³/mol. The highest BCUT2D eigenvalue weighted by Crippen LogP contribution is 2.14. The van der Waals surface area contributed by atoms with Crippen LogP contribution in [0, 0.1) is 0 Å². The minimum Gasteiger partial charge on any atom is -0.494 e. The van der Waals surface area contributed by atoms with Crippen LogP contribution in [0.15, 0.2) is 54.6 Å². The fourth-order valence-corrected chi connectivity index (χ4v) is 3.36. The number of hydrogen-bond acceptors (Lipinski definition) is 3. The molecular formula is C21H27NO2S. The van der Waals surface area contributed by atoms with Gasteiger partial charge in [0.05, 0.1) is 6.61 Å². The Bertz CT molecular complexity index is 614. The summed E-state index contributed by atoms with van der Waals surface area (Å²) in [6.45, 7) is 3.40. The molecule has 2 aromatic rings. The molecule has 0 radical (unpaired) electrons. The van der Waals surface area contributed by atoms with Crippen molar-refractivity contribution in [2.45, 2.75) is 31.9 Å². The molecule has 0 spiro atoms. The van der Waals surface area contributed by atoms with Crippen molar-refractivity contribution in [3.05, 3.63) is 65.7 Å². The molecule has 0 saturated carbocycles. The van der Waals surface area contributed by atoms with Crippen molar-refractivity contribution in [3.63, 3.8) is 0 Å². The highest BCUT2D eigenvalue weighted by atomic mass is 32.2. The molecule has 2 aromatic carbocycles. The Hall–Kier alpha value is -1.94. The van der Waals surface area contributed by atoms with Crippen molar-refractivity contribution in [1.29, 1.82) is 0 Å². The molecule has 0 aliphatic rings. The van der Waals surface area contributed by atoms with Crippen molar-refractivity contribution in [2.24, 2.45) is 0 Å². The summed E-state index contributed by atoms with van der Waals surface area (Å²) in [5.74, 6) is 2.88. The van der Waals surface area contributed by atoms with E-state index in [0.717, 1.165) is 36.6 Å². The summed E-state index contributed by atoms with van der Waals surface area (Å²) >= 11 is 1.80. The second kappa shape index (κ2) is 11.6. The van der Waals surface area contributed by atoms with Gasteiger partial charge in [-0.3, -0.25) is 4.79 Å². The first-order valence-electron chi connectivity index (χ1n) is 8.88. The summed E-state index contributed by atoms with van der Waals surface area (Å²) in [5, 5.41) is 3.01. The van der Waals surface area contributed by atoms with Crippen molar-refractivity contribution in [1.82, 2.24) is 5.32 Å². The maximum Gasteiger partial charge on any atom is 0.220 e. The van der Waals surface area contributed by atoms with Gasteiger partial charge in [-0.15, -0.1) is 0 Å². The molecule has 0 aromatic heterocycles. The van der Waals surface area contributed by atoms with Gasteiger partial charge in [0.2, 0.25) is 5.91 Å². The van der Waals surface area contributed by atoms with E-state index in [-0.39, 0.29) is 5.91 Å². The van der Waals surface area contributed by atoms with Gasteiger partial charge in [-0.2, -0.15) is 11.8 Å². The van der Waals surface area contributed by atoms with Crippen LogP contribution < -0.4 is 10.1 Å². The maximum atomic E-state index is 11.8. The van der Waals surface area contributed by atoms with Gasteiger partial charge in [0.1, 0.15) is 5.75 Å². The van der Waals surface area contributed by atoms with Crippen LogP contribution in [0.3, 0.4) is 0 Å². The van der Waals surface area contributed by atoms with Gasteiger partial charge in [-0.25, -0.2) is 0 Å². The summed E-state index contributed by atoms with van der Waals surface area (Å²) in [7, 11) is 0. The van der Waals surface area contributed by atoms with Crippen molar-refractivity contribution in [2.75, 3.05) is 18.9 Å². The smallest absolute Gasteiger partial charge is 0.220 e. The zero-order valence-electron chi connectivity index (χ0n) is 14.9. The number of carbonyl (C=O) groups is 1. The minimum absolute atomic E-state index is 0.146. The zero-order valence-corrected chi connectivity index (χ0v) is 15.7. The number of rotatable bonds is 11. The zero-order chi connectivity index (χ0) is 17.7. The molecule has 1 amide bonds. The molecule has 0 heterocycles. The second-order valence-corrected chi connectivity index (χ2v) is 6.92. The molecule has 1 N–H and O–H groups in total. The van der Waals surface area contributed by atoms with E-state index in [1.165, 1.54) is 11.1 Å². The number of aryl methyl sites for hydroxylation is 1. The summed E-state index contributed by atoms with van der Waals surface area (Å²) in [6.07, 6.45) is 2.51. The third kappa shape index (κ3) is 8.12. The van der Waals surface area contributed by atoms with E-state index in [0.29, 0.717) is 13.0 Å². The number of ether oxygens (including phenoxy) is 1. The van der Waals surface area contributed by atoms with E-state index in [4.69, 9.17) is 4.74 Å². The summed E-state index contributed by atoms with van der Waals surface area (Å²) in [4.78, 5) is 11.8. The van der Waals surface area contributed by atoms with E-state index in [1.807, 2.05) is 37.3 Å². The molecule has 3 nitrogen and oxygen atoms in total. The summed E-state index contributed by atoms with van der Waals surface area (Å²) in [5.41, 5.74) is 2.58. The molecule has 0 fully saturated rings. The average molecular weight is 358 g/mol. The topological polar surface area (TPSA) is 38.3 Å². The number of benzene rings is 2. The van der Waals surface area contributed by atoms with Gasteiger partial charge in [-0.1, -0.05) is 42.5 Å². The minimum atomic E-state index is 0.146. The molecular weight excluding hydrogens is 330 g/mol. The van der Waals surface area contributed by atoms with Crippen molar-refractivity contribution < 1.29 is 9.53 Å². The lowest BCUT2D eigenvalue weighted by atomic mass is 10.1. The Morgan fingerprint density at radius 2 is 1.80 bits per heavy atom. The lowest BCUT2D eigenvalue weighted by Gasteiger charge is -2.07. The number of carbonyl (C=O) groups excluding carboxylic acids is 1. The first kappa shape index (κ1) is 19.4. The lowest BCUT2D eigenvalue weighted by molar-refractivity contribution is -0.120. The van der Waals surface area contributed by atoms with E-state index in [1.54, 1.807) is 11.8 Å². The monoisotopic (exact) mass is 357 g/mol. The van der Waals surface area contributed by atoms with Gasteiger partial charge in [0, 0.05) is 24.5 Å². The second-order valence-electron chi connectivity index (χ2n) is 5.82. The van der Waals surface area contributed by atoms with Gasteiger partial charge in [0.15, 0.2) is 0 Å². The number of amides is 1. The highest BCUT2D eigenvalue weighted by Gasteiger charge is 2.02. The van der Waals surface area contributed by atoms with Crippen LogP contribution in [0.2, 0.25) is 0 Å².